The van der Waals surface area contributed by atoms with Crippen molar-refractivity contribution in [3.8, 4) is 0 Å². The van der Waals surface area contributed by atoms with Gasteiger partial charge in [0.05, 0.1) is 6.54 Å². The molecule has 1 aromatic heterocycles. The molecule has 5 nitrogen and oxygen atoms in total. The first-order valence-electron chi connectivity index (χ1n) is 6.86. The second-order valence-electron chi connectivity index (χ2n) is 4.96. The lowest BCUT2D eigenvalue weighted by Crippen LogP contribution is -2.21. The Morgan fingerprint density at radius 2 is 2.12 bits per heavy atom. The van der Waals surface area contributed by atoms with Gasteiger partial charge in [0.15, 0.2) is 5.82 Å². The molecule has 0 atom stereocenters. The zero-order chi connectivity index (χ0) is 11.9. The molecule has 0 aromatic carbocycles. The normalized spacial score (nSPS) is 17.5. The van der Waals surface area contributed by atoms with Crippen LogP contribution in [0.1, 0.15) is 51.3 Å². The molecule has 1 aromatic rings. The summed E-state index contributed by atoms with van der Waals surface area (Å²) in [6.45, 7) is 4.97. The fourth-order valence-electron chi connectivity index (χ4n) is 2.48. The molecule has 1 aliphatic rings. The number of nitrogens with zero attached hydrogens (tertiary/aromatic N) is 4. The maximum absolute atomic E-state index is 4.10. The van der Waals surface area contributed by atoms with Gasteiger partial charge in [-0.1, -0.05) is 26.2 Å². The molecule has 5 heteroatoms. The zero-order valence-corrected chi connectivity index (χ0v) is 10.7. The summed E-state index contributed by atoms with van der Waals surface area (Å²) < 4.78 is 1.98. The Bertz CT molecular complexity index is 316. The quantitative estimate of drug-likeness (QED) is 0.766. The minimum atomic E-state index is 0.775. The molecule has 0 spiro atoms. The first-order valence-corrected chi connectivity index (χ1v) is 6.86. The molecule has 1 aliphatic carbocycles. The third kappa shape index (κ3) is 3.77. The van der Waals surface area contributed by atoms with Crippen LogP contribution in [-0.2, 0) is 13.1 Å². The highest BCUT2D eigenvalue weighted by atomic mass is 15.5. The van der Waals surface area contributed by atoms with Crippen molar-refractivity contribution in [2.45, 2.75) is 58.5 Å². The molecule has 1 saturated carbocycles. The second-order valence-corrected chi connectivity index (χ2v) is 4.96. The first kappa shape index (κ1) is 12.5. The lowest BCUT2D eigenvalue weighted by atomic mass is 9.89. The third-order valence-corrected chi connectivity index (χ3v) is 3.47. The number of aromatic nitrogens is 4. The highest BCUT2D eigenvalue weighted by Gasteiger charge is 2.16. The second kappa shape index (κ2) is 6.69. The predicted molar refractivity (Wildman–Crippen MR) is 66.4 cm³/mol. The molecular formula is C12H23N5. The molecule has 0 bridgehead atoms. The van der Waals surface area contributed by atoms with Crippen LogP contribution >= 0.6 is 0 Å². The zero-order valence-electron chi connectivity index (χ0n) is 10.7. The SMILES string of the molecule is CCCNCc1nnnn1CC1CCCCC1. The van der Waals surface area contributed by atoms with E-state index in [0.29, 0.717) is 0 Å². The van der Waals surface area contributed by atoms with Crippen LogP contribution in [0.15, 0.2) is 0 Å². The van der Waals surface area contributed by atoms with Crippen molar-refractivity contribution in [3.05, 3.63) is 5.82 Å². The topological polar surface area (TPSA) is 55.6 Å². The van der Waals surface area contributed by atoms with Crippen molar-refractivity contribution in [3.63, 3.8) is 0 Å². The molecular weight excluding hydrogens is 214 g/mol. The van der Waals surface area contributed by atoms with Crippen LogP contribution in [0, 0.1) is 5.92 Å². The van der Waals surface area contributed by atoms with E-state index in [2.05, 4.69) is 27.8 Å². The van der Waals surface area contributed by atoms with Crippen molar-refractivity contribution < 1.29 is 0 Å². The lowest BCUT2D eigenvalue weighted by molar-refractivity contribution is 0.301. The van der Waals surface area contributed by atoms with E-state index in [1.807, 2.05) is 4.68 Å². The number of hydrogen-bond donors (Lipinski definition) is 1. The van der Waals surface area contributed by atoms with Crippen molar-refractivity contribution in [2.75, 3.05) is 6.54 Å². The van der Waals surface area contributed by atoms with Gasteiger partial charge in [0.2, 0.25) is 0 Å². The third-order valence-electron chi connectivity index (χ3n) is 3.47. The summed E-state index contributed by atoms with van der Waals surface area (Å²) >= 11 is 0. The van der Waals surface area contributed by atoms with E-state index in [1.54, 1.807) is 0 Å². The molecule has 2 rings (SSSR count). The largest absolute Gasteiger partial charge is 0.310 e. The molecule has 0 aliphatic heterocycles. The predicted octanol–water partition coefficient (Wildman–Crippen LogP) is 1.75. The Morgan fingerprint density at radius 3 is 2.88 bits per heavy atom. The highest BCUT2D eigenvalue weighted by Crippen LogP contribution is 2.24. The van der Waals surface area contributed by atoms with Crippen LogP contribution < -0.4 is 5.32 Å². The molecule has 0 amide bonds. The van der Waals surface area contributed by atoms with E-state index in [4.69, 9.17) is 0 Å². The average molecular weight is 237 g/mol. The van der Waals surface area contributed by atoms with Crippen LogP contribution in [0.4, 0.5) is 0 Å². The van der Waals surface area contributed by atoms with E-state index in [1.165, 1.54) is 32.1 Å². The van der Waals surface area contributed by atoms with Crippen LogP contribution in [0.25, 0.3) is 0 Å². The van der Waals surface area contributed by atoms with E-state index < -0.39 is 0 Å². The van der Waals surface area contributed by atoms with Gasteiger partial charge in [0, 0.05) is 6.54 Å². The van der Waals surface area contributed by atoms with Gasteiger partial charge in [-0.2, -0.15) is 0 Å². The van der Waals surface area contributed by atoms with Gasteiger partial charge in [0.1, 0.15) is 0 Å². The Kier molecular flexibility index (Phi) is 4.91. The molecule has 0 radical (unpaired) electrons. The molecule has 1 fully saturated rings. The summed E-state index contributed by atoms with van der Waals surface area (Å²) in [5, 5.41) is 15.3. The van der Waals surface area contributed by atoms with Crippen LogP contribution in [-0.4, -0.2) is 26.8 Å². The maximum atomic E-state index is 4.10. The maximum Gasteiger partial charge on any atom is 0.165 e. The van der Waals surface area contributed by atoms with Gasteiger partial charge in [-0.25, -0.2) is 4.68 Å². The summed E-state index contributed by atoms with van der Waals surface area (Å²) in [6, 6.07) is 0. The van der Waals surface area contributed by atoms with Gasteiger partial charge < -0.3 is 5.32 Å². The van der Waals surface area contributed by atoms with Crippen LogP contribution in [0.5, 0.6) is 0 Å². The molecule has 0 unspecified atom stereocenters. The highest BCUT2D eigenvalue weighted by molar-refractivity contribution is 4.81. The minimum absolute atomic E-state index is 0.775. The Labute approximate surface area is 103 Å². The van der Waals surface area contributed by atoms with Gasteiger partial charge in [0.25, 0.3) is 0 Å². The molecule has 1 heterocycles. The monoisotopic (exact) mass is 237 g/mol. The standard InChI is InChI=1S/C12H23N5/c1-2-8-13-9-12-14-15-16-17(12)10-11-6-4-3-5-7-11/h11,13H,2-10H2,1H3. The summed E-state index contributed by atoms with van der Waals surface area (Å²) in [6.07, 6.45) is 7.96. The number of nitrogens with one attached hydrogen (secondary N) is 1. The number of rotatable bonds is 6. The smallest absolute Gasteiger partial charge is 0.165 e. The van der Waals surface area contributed by atoms with Gasteiger partial charge >= 0.3 is 0 Å². The summed E-state index contributed by atoms with van der Waals surface area (Å²) in [5.41, 5.74) is 0. The summed E-state index contributed by atoms with van der Waals surface area (Å²) in [4.78, 5) is 0. The van der Waals surface area contributed by atoms with E-state index >= 15 is 0 Å². The summed E-state index contributed by atoms with van der Waals surface area (Å²) in [7, 11) is 0. The molecule has 17 heavy (non-hydrogen) atoms. The van der Waals surface area contributed by atoms with Gasteiger partial charge in [-0.3, -0.25) is 0 Å². The Balaban J connectivity index is 1.84. The summed E-state index contributed by atoms with van der Waals surface area (Å²) in [5.74, 6) is 1.75. The van der Waals surface area contributed by atoms with Crippen LogP contribution in [0.2, 0.25) is 0 Å². The Hall–Kier alpha value is -0.970. The van der Waals surface area contributed by atoms with Crippen LogP contribution in [0.3, 0.4) is 0 Å². The van der Waals surface area contributed by atoms with E-state index in [0.717, 1.165) is 37.8 Å². The average Bonchev–Trinajstić information content (AvgIpc) is 2.79. The number of tetrazole rings is 1. The molecule has 1 N–H and O–H groups in total. The number of hydrogen-bond acceptors (Lipinski definition) is 4. The van der Waals surface area contributed by atoms with Crippen molar-refractivity contribution >= 4 is 0 Å². The first-order chi connectivity index (χ1) is 8.40. The van der Waals surface area contributed by atoms with Gasteiger partial charge in [-0.05, 0) is 42.2 Å². The minimum Gasteiger partial charge on any atom is -0.310 e. The molecule has 96 valence electrons. The van der Waals surface area contributed by atoms with Crippen molar-refractivity contribution in [1.29, 1.82) is 0 Å². The van der Waals surface area contributed by atoms with Crippen molar-refractivity contribution in [2.24, 2.45) is 5.92 Å². The van der Waals surface area contributed by atoms with Crippen molar-refractivity contribution in [1.82, 2.24) is 25.5 Å². The van der Waals surface area contributed by atoms with E-state index in [-0.39, 0.29) is 0 Å². The molecule has 0 saturated heterocycles. The fourth-order valence-corrected chi connectivity index (χ4v) is 2.48. The lowest BCUT2D eigenvalue weighted by Gasteiger charge is -2.21. The van der Waals surface area contributed by atoms with Gasteiger partial charge in [-0.15, -0.1) is 5.10 Å². The Morgan fingerprint density at radius 1 is 1.29 bits per heavy atom. The van der Waals surface area contributed by atoms with E-state index in [9.17, 15) is 0 Å². The fraction of sp³-hybridized carbons (Fsp3) is 0.917.